The largest absolute Gasteiger partial charge is 0.489 e. The van der Waals surface area contributed by atoms with Gasteiger partial charge in [0.25, 0.3) is 0 Å². The second kappa shape index (κ2) is 9.34. The summed E-state index contributed by atoms with van der Waals surface area (Å²) in [5, 5.41) is 0. The molecule has 3 rings (SSSR count). The summed E-state index contributed by atoms with van der Waals surface area (Å²) in [6.07, 6.45) is -1.64. The summed E-state index contributed by atoms with van der Waals surface area (Å²) in [7, 11) is -0.00666. The van der Waals surface area contributed by atoms with Crippen LogP contribution < -0.4 is 14.2 Å². The minimum Gasteiger partial charge on any atom is -0.489 e. The Hall–Kier alpha value is -3.14. The summed E-state index contributed by atoms with van der Waals surface area (Å²) in [5.74, 6) is -0.100. The van der Waals surface area contributed by atoms with E-state index in [1.54, 1.807) is 0 Å². The van der Waals surface area contributed by atoms with Gasteiger partial charge >= 0.3 is 6.18 Å². The lowest BCUT2D eigenvalue weighted by molar-refractivity contribution is -0.137. The number of anilines is 1. The zero-order valence-corrected chi connectivity index (χ0v) is 17.3. The van der Waals surface area contributed by atoms with Gasteiger partial charge in [-0.2, -0.15) is 13.2 Å². The first kappa shape index (κ1) is 22.5. The van der Waals surface area contributed by atoms with Crippen LogP contribution in [0.2, 0.25) is 0 Å². The van der Waals surface area contributed by atoms with E-state index in [-0.39, 0.29) is 23.8 Å². The first-order valence-electron chi connectivity index (χ1n) is 8.90. The third-order valence-electron chi connectivity index (χ3n) is 4.21. The van der Waals surface area contributed by atoms with Crippen molar-refractivity contribution in [2.24, 2.45) is 0 Å². The Bertz CT molecular complexity index is 1110. The Balaban J connectivity index is 1.85. The van der Waals surface area contributed by atoms with Gasteiger partial charge in [0.05, 0.1) is 12.7 Å². The Kier molecular flexibility index (Phi) is 6.79. The van der Waals surface area contributed by atoms with Gasteiger partial charge in [-0.3, -0.25) is 0 Å². The van der Waals surface area contributed by atoms with Crippen molar-refractivity contribution < 1.29 is 31.2 Å². The number of pyridine rings is 1. The highest BCUT2D eigenvalue weighted by Gasteiger charge is 2.30. The van der Waals surface area contributed by atoms with E-state index in [4.69, 9.17) is 9.47 Å². The fourth-order valence-corrected chi connectivity index (χ4v) is 3.27. The van der Waals surface area contributed by atoms with Gasteiger partial charge in [-0.25, -0.2) is 13.6 Å². The molecule has 0 radical (unpaired) electrons. The van der Waals surface area contributed by atoms with E-state index < -0.39 is 28.5 Å². The summed E-state index contributed by atoms with van der Waals surface area (Å²) in [6.45, 7) is -0.128. The van der Waals surface area contributed by atoms with Crippen molar-refractivity contribution in [2.45, 2.75) is 12.8 Å². The van der Waals surface area contributed by atoms with Crippen molar-refractivity contribution in [3.05, 3.63) is 71.7 Å². The van der Waals surface area contributed by atoms with Gasteiger partial charge in [0.15, 0.2) is 0 Å². The maximum absolute atomic E-state index is 14.5. The van der Waals surface area contributed by atoms with Crippen molar-refractivity contribution in [1.29, 1.82) is 0 Å². The van der Waals surface area contributed by atoms with Crippen molar-refractivity contribution in [1.82, 2.24) is 4.98 Å². The SMILES string of the molecule is COc1ncc(-c2cc(OCc3cccc(C(F)(F)F)c3)ccc2F)cc1NS(C)=O. The maximum Gasteiger partial charge on any atom is 0.416 e. The van der Waals surface area contributed by atoms with Crippen LogP contribution in [0.4, 0.5) is 23.2 Å². The first-order valence-corrected chi connectivity index (χ1v) is 10.5. The highest BCUT2D eigenvalue weighted by molar-refractivity contribution is 7.85. The quantitative estimate of drug-likeness (QED) is 0.499. The van der Waals surface area contributed by atoms with Gasteiger partial charge in [0.2, 0.25) is 5.88 Å². The number of hydrogen-bond acceptors (Lipinski definition) is 4. The number of halogens is 4. The molecule has 2 aromatic carbocycles. The Morgan fingerprint density at radius 2 is 1.90 bits per heavy atom. The van der Waals surface area contributed by atoms with Gasteiger partial charge < -0.3 is 14.2 Å². The van der Waals surface area contributed by atoms with Crippen LogP contribution in [0, 0.1) is 5.82 Å². The van der Waals surface area contributed by atoms with E-state index in [0.29, 0.717) is 16.8 Å². The topological polar surface area (TPSA) is 60.5 Å². The number of methoxy groups -OCH3 is 1. The van der Waals surface area contributed by atoms with Gasteiger partial charge in [-0.05, 0) is 42.0 Å². The van der Waals surface area contributed by atoms with Gasteiger partial charge in [0, 0.05) is 23.6 Å². The molecule has 5 nitrogen and oxygen atoms in total. The summed E-state index contributed by atoms with van der Waals surface area (Å²) in [5.41, 5.74) is 0.391. The van der Waals surface area contributed by atoms with Crippen LogP contribution in [-0.4, -0.2) is 22.6 Å². The smallest absolute Gasteiger partial charge is 0.416 e. The molecule has 0 aliphatic rings. The summed E-state index contributed by atoms with van der Waals surface area (Å²) < 4.78 is 77.9. The van der Waals surface area contributed by atoms with Crippen LogP contribution in [0.3, 0.4) is 0 Å². The van der Waals surface area contributed by atoms with E-state index in [2.05, 4.69) is 9.71 Å². The zero-order valence-electron chi connectivity index (χ0n) is 16.5. The third-order valence-corrected chi connectivity index (χ3v) is 4.71. The Morgan fingerprint density at radius 1 is 1.13 bits per heavy atom. The number of rotatable bonds is 7. The monoisotopic (exact) mass is 454 g/mol. The molecule has 0 fully saturated rings. The van der Waals surface area contributed by atoms with E-state index in [0.717, 1.165) is 12.1 Å². The molecule has 3 aromatic rings. The lowest BCUT2D eigenvalue weighted by Gasteiger charge is -2.13. The third kappa shape index (κ3) is 5.72. The molecular formula is C21H18F4N2O3S. The molecular weight excluding hydrogens is 436 g/mol. The molecule has 1 atom stereocenters. The number of aromatic nitrogens is 1. The van der Waals surface area contributed by atoms with Crippen LogP contribution in [0.15, 0.2) is 54.7 Å². The molecule has 164 valence electrons. The molecule has 1 unspecified atom stereocenters. The Labute approximate surface area is 178 Å². The lowest BCUT2D eigenvalue weighted by Crippen LogP contribution is -2.06. The van der Waals surface area contributed by atoms with Crippen LogP contribution in [0.1, 0.15) is 11.1 Å². The van der Waals surface area contributed by atoms with Crippen molar-refractivity contribution in [3.8, 4) is 22.8 Å². The average molecular weight is 454 g/mol. The molecule has 0 bridgehead atoms. The molecule has 0 amide bonds. The number of nitrogens with zero attached hydrogens (tertiary/aromatic N) is 1. The second-order valence-corrected chi connectivity index (χ2v) is 7.58. The molecule has 0 aliphatic heterocycles. The molecule has 0 saturated heterocycles. The van der Waals surface area contributed by atoms with Crippen LogP contribution in [0.5, 0.6) is 11.6 Å². The highest BCUT2D eigenvalue weighted by Crippen LogP contribution is 2.33. The molecule has 0 spiro atoms. The predicted molar refractivity (Wildman–Crippen MR) is 110 cm³/mol. The van der Waals surface area contributed by atoms with E-state index in [9.17, 15) is 21.8 Å². The number of alkyl halides is 3. The predicted octanol–water partition coefficient (Wildman–Crippen LogP) is 5.20. The summed E-state index contributed by atoms with van der Waals surface area (Å²) >= 11 is 0. The number of benzene rings is 2. The van der Waals surface area contributed by atoms with Crippen molar-refractivity contribution in [2.75, 3.05) is 18.1 Å². The zero-order chi connectivity index (χ0) is 22.6. The van der Waals surface area contributed by atoms with Crippen LogP contribution >= 0.6 is 0 Å². The van der Waals surface area contributed by atoms with Crippen molar-refractivity contribution in [3.63, 3.8) is 0 Å². The summed E-state index contributed by atoms with van der Waals surface area (Å²) in [4.78, 5) is 4.09. The van der Waals surface area contributed by atoms with Crippen molar-refractivity contribution >= 4 is 16.7 Å². The van der Waals surface area contributed by atoms with Gasteiger partial charge in [-0.1, -0.05) is 12.1 Å². The molecule has 1 N–H and O–H groups in total. The number of hydrogen-bond donors (Lipinski definition) is 1. The fraction of sp³-hybridized carbons (Fsp3) is 0.190. The maximum atomic E-state index is 14.5. The lowest BCUT2D eigenvalue weighted by atomic mass is 10.1. The van der Waals surface area contributed by atoms with Crippen LogP contribution in [0.25, 0.3) is 11.1 Å². The molecule has 1 heterocycles. The standard InChI is InChI=1S/C21H18F4N2O3S/c1-29-20-19(27-31(2)28)9-14(11-26-20)17-10-16(6-7-18(17)22)30-12-13-4-3-5-15(8-13)21(23,24)25/h3-11,27H,12H2,1-2H3. The molecule has 0 saturated carbocycles. The summed E-state index contributed by atoms with van der Waals surface area (Å²) in [6, 6.07) is 10.3. The van der Waals surface area contributed by atoms with E-state index >= 15 is 0 Å². The van der Waals surface area contributed by atoms with Gasteiger partial charge in [0.1, 0.15) is 34.8 Å². The van der Waals surface area contributed by atoms with Gasteiger partial charge in [-0.15, -0.1) is 0 Å². The molecule has 10 heteroatoms. The molecule has 0 aliphatic carbocycles. The fourth-order valence-electron chi connectivity index (χ4n) is 2.81. The second-order valence-electron chi connectivity index (χ2n) is 6.47. The normalized spacial score (nSPS) is 12.3. The van der Waals surface area contributed by atoms with E-state index in [1.807, 2.05) is 0 Å². The molecule has 1 aromatic heterocycles. The first-order chi connectivity index (χ1) is 14.7. The number of nitrogens with one attached hydrogen (secondary N) is 1. The van der Waals surface area contributed by atoms with Crippen LogP contribution in [-0.2, 0) is 23.8 Å². The molecule has 31 heavy (non-hydrogen) atoms. The number of ether oxygens (including phenoxy) is 2. The minimum absolute atomic E-state index is 0.128. The Morgan fingerprint density at radius 3 is 2.58 bits per heavy atom. The average Bonchev–Trinajstić information content (AvgIpc) is 2.72. The van der Waals surface area contributed by atoms with E-state index in [1.165, 1.54) is 56.0 Å². The minimum atomic E-state index is -4.45. The highest BCUT2D eigenvalue weighted by atomic mass is 32.2.